The Morgan fingerprint density at radius 2 is 1.70 bits per heavy atom. The molecule has 2 heterocycles. The monoisotopic (exact) mass is 451 g/mol. The Bertz CT molecular complexity index is 1590. The SMILES string of the molecule is CC(C)c1ccccc1-n1c(=O)c2ccccc2n2c(SCc3ccccc3C#N)nnc12. The first-order valence-corrected chi connectivity index (χ1v) is 11.7. The Hall–Kier alpha value is -3.89. The summed E-state index contributed by atoms with van der Waals surface area (Å²) in [6, 6.07) is 25.2. The van der Waals surface area contributed by atoms with E-state index in [1.54, 1.807) is 4.57 Å². The van der Waals surface area contributed by atoms with E-state index < -0.39 is 0 Å². The summed E-state index contributed by atoms with van der Waals surface area (Å²) in [7, 11) is 0. The van der Waals surface area contributed by atoms with Gasteiger partial charge in [-0.3, -0.25) is 9.20 Å². The van der Waals surface area contributed by atoms with Crippen molar-refractivity contribution in [3.63, 3.8) is 0 Å². The molecule has 33 heavy (non-hydrogen) atoms. The molecule has 0 aliphatic heterocycles. The first-order valence-electron chi connectivity index (χ1n) is 10.7. The largest absolute Gasteiger partial charge is 0.268 e. The van der Waals surface area contributed by atoms with Gasteiger partial charge >= 0.3 is 0 Å². The normalized spacial score (nSPS) is 11.3. The third-order valence-electron chi connectivity index (χ3n) is 5.69. The van der Waals surface area contributed by atoms with Crippen LogP contribution in [0.1, 0.15) is 36.5 Å². The highest BCUT2D eigenvalue weighted by Gasteiger charge is 2.20. The molecule has 0 aliphatic rings. The second-order valence-corrected chi connectivity index (χ2v) is 8.99. The van der Waals surface area contributed by atoms with Crippen LogP contribution in [0.5, 0.6) is 0 Å². The van der Waals surface area contributed by atoms with Crippen LogP contribution in [0.4, 0.5) is 0 Å². The lowest BCUT2D eigenvalue weighted by molar-refractivity contribution is 0.837. The maximum Gasteiger partial charge on any atom is 0.267 e. The van der Waals surface area contributed by atoms with E-state index >= 15 is 0 Å². The highest BCUT2D eigenvalue weighted by atomic mass is 32.2. The topological polar surface area (TPSA) is 76.0 Å². The Kier molecular flexibility index (Phi) is 5.45. The van der Waals surface area contributed by atoms with Gasteiger partial charge in [-0.2, -0.15) is 5.26 Å². The molecule has 5 rings (SSSR count). The minimum atomic E-state index is -0.120. The lowest BCUT2D eigenvalue weighted by atomic mass is 10.0. The number of nitrogens with zero attached hydrogens (tertiary/aromatic N) is 5. The van der Waals surface area contributed by atoms with E-state index in [0.717, 1.165) is 22.3 Å². The van der Waals surface area contributed by atoms with Gasteiger partial charge in [-0.15, -0.1) is 10.2 Å². The van der Waals surface area contributed by atoms with Gasteiger partial charge < -0.3 is 0 Å². The van der Waals surface area contributed by atoms with Crippen LogP contribution in [0.15, 0.2) is 82.7 Å². The molecule has 0 radical (unpaired) electrons. The minimum Gasteiger partial charge on any atom is -0.268 e. The molecule has 0 spiro atoms. The fourth-order valence-corrected chi connectivity index (χ4v) is 5.01. The molecule has 0 aliphatic carbocycles. The van der Waals surface area contributed by atoms with Crippen molar-refractivity contribution in [1.82, 2.24) is 19.2 Å². The van der Waals surface area contributed by atoms with E-state index in [4.69, 9.17) is 0 Å². The number of para-hydroxylation sites is 2. The van der Waals surface area contributed by atoms with E-state index in [-0.39, 0.29) is 11.5 Å². The van der Waals surface area contributed by atoms with Crippen molar-refractivity contribution in [1.29, 1.82) is 5.26 Å². The molecule has 2 aromatic heterocycles. The fourth-order valence-electron chi connectivity index (χ4n) is 4.07. The Balaban J connectivity index is 1.74. The number of benzene rings is 3. The molecule has 0 saturated carbocycles. The van der Waals surface area contributed by atoms with Crippen molar-refractivity contribution >= 4 is 28.4 Å². The molecular weight excluding hydrogens is 430 g/mol. The van der Waals surface area contributed by atoms with Crippen molar-refractivity contribution in [3.05, 3.63) is 99.8 Å². The van der Waals surface area contributed by atoms with Crippen LogP contribution >= 0.6 is 11.8 Å². The number of hydrogen-bond donors (Lipinski definition) is 0. The van der Waals surface area contributed by atoms with Gasteiger partial charge in [0.05, 0.1) is 28.2 Å². The predicted molar refractivity (Wildman–Crippen MR) is 131 cm³/mol. The van der Waals surface area contributed by atoms with Gasteiger partial charge in [0.2, 0.25) is 5.78 Å². The summed E-state index contributed by atoms with van der Waals surface area (Å²) in [4.78, 5) is 13.6. The molecule has 0 unspecified atom stereocenters. The van der Waals surface area contributed by atoms with Crippen molar-refractivity contribution in [2.45, 2.75) is 30.7 Å². The summed E-state index contributed by atoms with van der Waals surface area (Å²) in [6.07, 6.45) is 0. The lowest BCUT2D eigenvalue weighted by Crippen LogP contribution is -2.23. The van der Waals surface area contributed by atoms with Gasteiger partial charge in [-0.25, -0.2) is 4.57 Å². The van der Waals surface area contributed by atoms with Gasteiger partial charge in [0, 0.05) is 5.75 Å². The maximum absolute atomic E-state index is 13.6. The zero-order valence-corrected chi connectivity index (χ0v) is 19.1. The standard InChI is InChI=1S/C26H21N5OS/c1-17(2)20-11-5-7-13-22(20)30-24(32)21-12-6-8-14-23(21)31-25(30)28-29-26(31)33-16-19-10-4-3-9-18(19)15-27/h3-14,17H,16H2,1-2H3. The first kappa shape index (κ1) is 21.0. The van der Waals surface area contributed by atoms with E-state index in [1.807, 2.05) is 77.2 Å². The van der Waals surface area contributed by atoms with Crippen molar-refractivity contribution in [2.75, 3.05) is 0 Å². The summed E-state index contributed by atoms with van der Waals surface area (Å²) in [5.74, 6) is 1.28. The van der Waals surface area contributed by atoms with Crippen molar-refractivity contribution < 1.29 is 0 Å². The van der Waals surface area contributed by atoms with E-state index in [2.05, 4.69) is 30.1 Å². The van der Waals surface area contributed by atoms with Gasteiger partial charge in [0.15, 0.2) is 5.16 Å². The summed E-state index contributed by atoms with van der Waals surface area (Å²) < 4.78 is 3.60. The summed E-state index contributed by atoms with van der Waals surface area (Å²) >= 11 is 1.50. The van der Waals surface area contributed by atoms with Crippen LogP contribution < -0.4 is 5.56 Å². The molecule has 0 saturated heterocycles. The van der Waals surface area contributed by atoms with E-state index in [0.29, 0.717) is 27.6 Å². The average Bonchev–Trinajstić information content (AvgIpc) is 3.27. The van der Waals surface area contributed by atoms with Gasteiger partial charge in [-0.1, -0.05) is 74.1 Å². The Labute approximate surface area is 195 Å². The molecule has 0 fully saturated rings. The first-order chi connectivity index (χ1) is 16.1. The summed E-state index contributed by atoms with van der Waals surface area (Å²) in [6.45, 7) is 4.22. The van der Waals surface area contributed by atoms with Gasteiger partial charge in [-0.05, 0) is 41.3 Å². The third kappa shape index (κ3) is 3.59. The molecule has 162 valence electrons. The Morgan fingerprint density at radius 1 is 0.970 bits per heavy atom. The zero-order chi connectivity index (χ0) is 22.9. The molecule has 0 amide bonds. The van der Waals surface area contributed by atoms with Crippen LogP contribution in [-0.4, -0.2) is 19.2 Å². The number of rotatable bonds is 5. The highest BCUT2D eigenvalue weighted by Crippen LogP contribution is 2.28. The summed E-state index contributed by atoms with van der Waals surface area (Å²) in [5.41, 5.74) is 4.10. The third-order valence-corrected chi connectivity index (χ3v) is 6.67. The van der Waals surface area contributed by atoms with Gasteiger partial charge in [0.25, 0.3) is 5.56 Å². The zero-order valence-electron chi connectivity index (χ0n) is 18.3. The van der Waals surface area contributed by atoms with E-state index in [9.17, 15) is 10.1 Å². The van der Waals surface area contributed by atoms with Crippen LogP contribution in [-0.2, 0) is 5.75 Å². The minimum absolute atomic E-state index is 0.120. The maximum atomic E-state index is 13.6. The number of hydrogen-bond acceptors (Lipinski definition) is 5. The van der Waals surface area contributed by atoms with Crippen LogP contribution in [0.2, 0.25) is 0 Å². The van der Waals surface area contributed by atoms with Crippen LogP contribution in [0, 0.1) is 11.3 Å². The second kappa shape index (κ2) is 8.57. The molecule has 5 aromatic rings. The van der Waals surface area contributed by atoms with E-state index in [1.165, 1.54) is 11.8 Å². The van der Waals surface area contributed by atoms with Crippen LogP contribution in [0.25, 0.3) is 22.4 Å². The highest BCUT2D eigenvalue weighted by molar-refractivity contribution is 7.98. The lowest BCUT2D eigenvalue weighted by Gasteiger charge is -2.16. The van der Waals surface area contributed by atoms with Crippen molar-refractivity contribution in [2.24, 2.45) is 0 Å². The Morgan fingerprint density at radius 3 is 2.52 bits per heavy atom. The molecule has 0 atom stereocenters. The molecule has 0 N–H and O–H groups in total. The molecule has 6 nitrogen and oxygen atoms in total. The number of fused-ring (bicyclic) bond motifs is 3. The number of nitriles is 1. The molecular formula is C26H21N5OS. The second-order valence-electron chi connectivity index (χ2n) is 8.05. The van der Waals surface area contributed by atoms with Crippen LogP contribution in [0.3, 0.4) is 0 Å². The summed E-state index contributed by atoms with van der Waals surface area (Å²) in [5, 5.41) is 19.6. The fraction of sp³-hybridized carbons (Fsp3) is 0.154. The smallest absolute Gasteiger partial charge is 0.267 e. The quantitative estimate of drug-likeness (QED) is 0.338. The number of thioether (sulfide) groups is 1. The average molecular weight is 452 g/mol. The predicted octanol–water partition coefficient (Wildman–Crippen LogP) is 5.32. The molecule has 0 bridgehead atoms. The van der Waals surface area contributed by atoms with Crippen molar-refractivity contribution in [3.8, 4) is 11.8 Å². The molecule has 7 heteroatoms. The molecule has 3 aromatic carbocycles. The number of aromatic nitrogens is 4. The van der Waals surface area contributed by atoms with Gasteiger partial charge in [0.1, 0.15) is 0 Å².